The zero-order valence-electron chi connectivity index (χ0n) is 6.37. The molecule has 0 bridgehead atoms. The van der Waals surface area contributed by atoms with Crippen molar-refractivity contribution in [3.63, 3.8) is 0 Å². The van der Waals surface area contributed by atoms with Crippen molar-refractivity contribution in [2.45, 2.75) is 13.3 Å². The second-order valence-corrected chi connectivity index (χ2v) is 3.41. The predicted molar refractivity (Wildman–Crippen MR) is 49.0 cm³/mol. The molecule has 0 aliphatic carbocycles. The summed E-state index contributed by atoms with van der Waals surface area (Å²) in [5.74, 6) is 0. The SMILES string of the molecule is CCc1cnc2sccc2c1. The minimum absolute atomic E-state index is 1.07. The standard InChI is InChI=1S/C9H9NS/c1-2-7-5-8-3-4-11-9(8)10-6-7/h3-6H,2H2,1H3. The molecule has 2 aromatic heterocycles. The summed E-state index contributed by atoms with van der Waals surface area (Å²) in [5.41, 5.74) is 1.32. The molecule has 0 radical (unpaired) electrons. The van der Waals surface area contributed by atoms with Gasteiger partial charge in [0.1, 0.15) is 4.83 Å². The summed E-state index contributed by atoms with van der Waals surface area (Å²) >= 11 is 1.70. The molecule has 0 saturated carbocycles. The first-order valence-corrected chi connectivity index (χ1v) is 4.60. The molecule has 0 amide bonds. The summed E-state index contributed by atoms with van der Waals surface area (Å²) in [6.45, 7) is 2.15. The van der Waals surface area contributed by atoms with E-state index in [9.17, 15) is 0 Å². The van der Waals surface area contributed by atoms with Gasteiger partial charge in [0.25, 0.3) is 0 Å². The maximum Gasteiger partial charge on any atom is 0.123 e. The molecule has 56 valence electrons. The van der Waals surface area contributed by atoms with Gasteiger partial charge >= 0.3 is 0 Å². The molecule has 0 aromatic carbocycles. The van der Waals surface area contributed by atoms with Gasteiger partial charge in [-0.05, 0) is 29.5 Å². The van der Waals surface area contributed by atoms with Gasteiger partial charge in [0.15, 0.2) is 0 Å². The summed E-state index contributed by atoms with van der Waals surface area (Å²) in [6.07, 6.45) is 3.03. The van der Waals surface area contributed by atoms with Crippen LogP contribution in [0.3, 0.4) is 0 Å². The lowest BCUT2D eigenvalue weighted by Gasteiger charge is -1.93. The van der Waals surface area contributed by atoms with Gasteiger partial charge in [-0.3, -0.25) is 0 Å². The van der Waals surface area contributed by atoms with E-state index in [0.29, 0.717) is 0 Å². The lowest BCUT2D eigenvalue weighted by molar-refractivity contribution is 1.12. The fourth-order valence-corrected chi connectivity index (χ4v) is 1.82. The largest absolute Gasteiger partial charge is 0.245 e. The van der Waals surface area contributed by atoms with Crippen molar-refractivity contribution in [3.05, 3.63) is 29.3 Å². The highest BCUT2D eigenvalue weighted by Crippen LogP contribution is 2.18. The van der Waals surface area contributed by atoms with Crippen LogP contribution >= 0.6 is 11.3 Å². The summed E-state index contributed by atoms with van der Waals surface area (Å²) in [7, 11) is 0. The maximum atomic E-state index is 4.33. The summed E-state index contributed by atoms with van der Waals surface area (Å²) in [4.78, 5) is 5.47. The van der Waals surface area contributed by atoms with Gasteiger partial charge in [0, 0.05) is 11.6 Å². The topological polar surface area (TPSA) is 12.9 Å². The molecule has 1 nitrogen and oxygen atoms in total. The first kappa shape index (κ1) is 6.80. The minimum atomic E-state index is 1.07. The van der Waals surface area contributed by atoms with E-state index in [1.54, 1.807) is 11.3 Å². The molecular formula is C9H9NS. The van der Waals surface area contributed by atoms with Gasteiger partial charge in [-0.15, -0.1) is 11.3 Å². The molecule has 0 fully saturated rings. The molecule has 0 aliphatic heterocycles. The smallest absolute Gasteiger partial charge is 0.123 e. The van der Waals surface area contributed by atoms with E-state index in [-0.39, 0.29) is 0 Å². The zero-order valence-corrected chi connectivity index (χ0v) is 7.19. The second kappa shape index (κ2) is 2.62. The second-order valence-electron chi connectivity index (χ2n) is 2.51. The van der Waals surface area contributed by atoms with Gasteiger partial charge in [0.2, 0.25) is 0 Å². The molecule has 0 atom stereocenters. The average molecular weight is 163 g/mol. The van der Waals surface area contributed by atoms with Gasteiger partial charge in [-0.25, -0.2) is 4.98 Å². The van der Waals surface area contributed by atoms with Gasteiger partial charge in [0.05, 0.1) is 0 Å². The van der Waals surface area contributed by atoms with Crippen molar-refractivity contribution < 1.29 is 0 Å². The fraction of sp³-hybridized carbons (Fsp3) is 0.222. The number of aryl methyl sites for hydroxylation is 1. The van der Waals surface area contributed by atoms with Crippen molar-refractivity contribution in [2.75, 3.05) is 0 Å². The Labute approximate surface area is 69.7 Å². The van der Waals surface area contributed by atoms with Crippen LogP contribution in [0.25, 0.3) is 10.2 Å². The van der Waals surface area contributed by atoms with Crippen LogP contribution in [0.5, 0.6) is 0 Å². The third-order valence-corrected chi connectivity index (χ3v) is 2.61. The molecule has 0 N–H and O–H groups in total. The number of thiophene rings is 1. The van der Waals surface area contributed by atoms with Crippen LogP contribution in [0.15, 0.2) is 23.7 Å². The highest BCUT2D eigenvalue weighted by molar-refractivity contribution is 7.16. The molecule has 2 heteroatoms. The molecule has 2 rings (SSSR count). The Hall–Kier alpha value is -0.890. The van der Waals surface area contributed by atoms with Crippen LogP contribution in [0, 0.1) is 0 Å². The van der Waals surface area contributed by atoms with E-state index in [1.807, 2.05) is 6.20 Å². The maximum absolute atomic E-state index is 4.33. The van der Waals surface area contributed by atoms with Crippen molar-refractivity contribution >= 4 is 21.6 Å². The molecule has 0 saturated heterocycles. The Morgan fingerprint density at radius 1 is 1.55 bits per heavy atom. The number of hydrogen-bond donors (Lipinski definition) is 0. The van der Waals surface area contributed by atoms with E-state index in [1.165, 1.54) is 10.9 Å². The van der Waals surface area contributed by atoms with Crippen molar-refractivity contribution in [3.8, 4) is 0 Å². The predicted octanol–water partition coefficient (Wildman–Crippen LogP) is 2.86. The quantitative estimate of drug-likeness (QED) is 0.630. The highest BCUT2D eigenvalue weighted by atomic mass is 32.1. The van der Waals surface area contributed by atoms with Crippen LogP contribution < -0.4 is 0 Å². The summed E-state index contributed by atoms with van der Waals surface area (Å²) < 4.78 is 0. The Bertz CT molecular complexity index is 364. The van der Waals surface area contributed by atoms with Crippen LogP contribution in [0.1, 0.15) is 12.5 Å². The Morgan fingerprint density at radius 3 is 3.27 bits per heavy atom. The highest BCUT2D eigenvalue weighted by Gasteiger charge is 1.95. The van der Waals surface area contributed by atoms with Gasteiger partial charge < -0.3 is 0 Å². The van der Waals surface area contributed by atoms with Crippen LogP contribution in [-0.4, -0.2) is 4.98 Å². The molecular weight excluding hydrogens is 154 g/mol. The normalized spacial score (nSPS) is 10.6. The summed E-state index contributed by atoms with van der Waals surface area (Å²) in [5, 5.41) is 3.35. The molecule has 2 aromatic rings. The molecule has 11 heavy (non-hydrogen) atoms. The monoisotopic (exact) mass is 163 g/mol. The molecule has 0 aliphatic rings. The lowest BCUT2D eigenvalue weighted by Crippen LogP contribution is -1.80. The van der Waals surface area contributed by atoms with Gasteiger partial charge in [-0.1, -0.05) is 6.92 Å². The third kappa shape index (κ3) is 1.14. The number of nitrogens with zero attached hydrogens (tertiary/aromatic N) is 1. The third-order valence-electron chi connectivity index (χ3n) is 1.77. The zero-order chi connectivity index (χ0) is 7.68. The number of rotatable bonds is 1. The number of hydrogen-bond acceptors (Lipinski definition) is 2. The summed E-state index contributed by atoms with van der Waals surface area (Å²) in [6, 6.07) is 4.32. The van der Waals surface area contributed by atoms with Crippen LogP contribution in [-0.2, 0) is 6.42 Å². The first-order valence-electron chi connectivity index (χ1n) is 3.72. The molecule has 0 spiro atoms. The molecule has 2 heterocycles. The minimum Gasteiger partial charge on any atom is -0.245 e. The first-order chi connectivity index (χ1) is 5.40. The number of pyridine rings is 1. The van der Waals surface area contributed by atoms with E-state index < -0.39 is 0 Å². The number of aromatic nitrogens is 1. The van der Waals surface area contributed by atoms with E-state index in [0.717, 1.165) is 11.3 Å². The Morgan fingerprint density at radius 2 is 2.45 bits per heavy atom. The van der Waals surface area contributed by atoms with E-state index >= 15 is 0 Å². The van der Waals surface area contributed by atoms with E-state index in [2.05, 4.69) is 29.4 Å². The lowest BCUT2D eigenvalue weighted by atomic mass is 10.2. The van der Waals surface area contributed by atoms with Crippen LogP contribution in [0.2, 0.25) is 0 Å². The Kier molecular flexibility index (Phi) is 1.62. The fourth-order valence-electron chi connectivity index (χ4n) is 1.10. The molecule has 0 unspecified atom stereocenters. The average Bonchev–Trinajstić information content (AvgIpc) is 2.50. The van der Waals surface area contributed by atoms with E-state index in [4.69, 9.17) is 0 Å². The Balaban J connectivity index is 2.67. The number of fused-ring (bicyclic) bond motifs is 1. The van der Waals surface area contributed by atoms with Crippen molar-refractivity contribution in [1.29, 1.82) is 0 Å². The van der Waals surface area contributed by atoms with Crippen molar-refractivity contribution in [2.24, 2.45) is 0 Å². The van der Waals surface area contributed by atoms with Crippen LogP contribution in [0.4, 0.5) is 0 Å². The van der Waals surface area contributed by atoms with Gasteiger partial charge in [-0.2, -0.15) is 0 Å². The van der Waals surface area contributed by atoms with Crippen molar-refractivity contribution in [1.82, 2.24) is 4.98 Å².